The van der Waals surface area contributed by atoms with Gasteiger partial charge < -0.3 is 20.8 Å². The van der Waals surface area contributed by atoms with E-state index in [0.29, 0.717) is 12.5 Å². The lowest BCUT2D eigenvalue weighted by Gasteiger charge is -2.15. The minimum atomic E-state index is -0.145. The van der Waals surface area contributed by atoms with Gasteiger partial charge in [0.25, 0.3) is 0 Å². The van der Waals surface area contributed by atoms with Crippen LogP contribution < -0.4 is 10.6 Å². The number of hydrogen-bond acceptors (Lipinski definition) is 6. The van der Waals surface area contributed by atoms with Crippen LogP contribution >= 0.6 is 0 Å². The Morgan fingerprint density at radius 1 is 1.29 bits per heavy atom. The van der Waals surface area contributed by atoms with Gasteiger partial charge in [-0.25, -0.2) is 0 Å². The van der Waals surface area contributed by atoms with Crippen LogP contribution in [0.5, 0.6) is 11.5 Å². The first-order chi connectivity index (χ1) is 8.06. The molecule has 0 saturated heterocycles. The molecule has 1 heterocycles. The number of nitrogens with one attached hydrogen (secondary N) is 1. The SMILES string of the molecule is CN(Cc1ccc(O)c(O)c1)c1nnc(N)[nH]1. The topological polar surface area (TPSA) is 111 Å². The van der Waals surface area contributed by atoms with Gasteiger partial charge in [0, 0.05) is 13.6 Å². The molecule has 7 nitrogen and oxygen atoms in total. The minimum absolute atomic E-state index is 0.139. The monoisotopic (exact) mass is 235 g/mol. The number of H-pyrrole nitrogens is 1. The van der Waals surface area contributed by atoms with E-state index in [2.05, 4.69) is 15.2 Å². The predicted molar refractivity (Wildman–Crippen MR) is 62.7 cm³/mol. The second-order valence-electron chi connectivity index (χ2n) is 3.71. The molecule has 1 aromatic carbocycles. The average Bonchev–Trinajstić information content (AvgIpc) is 2.70. The Morgan fingerprint density at radius 3 is 2.65 bits per heavy atom. The molecule has 1 aromatic heterocycles. The quantitative estimate of drug-likeness (QED) is 0.574. The fraction of sp³-hybridized carbons (Fsp3) is 0.200. The first kappa shape index (κ1) is 11.1. The standard InChI is InChI=1S/C10H13N5O2/c1-15(10-12-9(11)13-14-10)5-6-2-3-7(16)8(17)4-6/h2-4,16-17H,5H2,1H3,(H3,11,12,13,14). The van der Waals surface area contributed by atoms with Crippen molar-refractivity contribution in [3.8, 4) is 11.5 Å². The van der Waals surface area contributed by atoms with Crippen LogP contribution in [-0.4, -0.2) is 32.4 Å². The molecule has 17 heavy (non-hydrogen) atoms. The lowest BCUT2D eigenvalue weighted by atomic mass is 10.2. The summed E-state index contributed by atoms with van der Waals surface area (Å²) in [5.41, 5.74) is 6.26. The molecular weight excluding hydrogens is 222 g/mol. The van der Waals surface area contributed by atoms with E-state index < -0.39 is 0 Å². The summed E-state index contributed by atoms with van der Waals surface area (Å²) in [5, 5.41) is 26.0. The lowest BCUT2D eigenvalue weighted by Crippen LogP contribution is -2.17. The minimum Gasteiger partial charge on any atom is -0.504 e. The van der Waals surface area contributed by atoms with Crippen LogP contribution in [0, 0.1) is 0 Å². The van der Waals surface area contributed by atoms with Crippen LogP contribution in [-0.2, 0) is 6.54 Å². The third kappa shape index (κ3) is 2.39. The van der Waals surface area contributed by atoms with Gasteiger partial charge in [0.05, 0.1) is 0 Å². The van der Waals surface area contributed by atoms with E-state index in [9.17, 15) is 10.2 Å². The number of rotatable bonds is 3. The van der Waals surface area contributed by atoms with Crippen molar-refractivity contribution in [2.75, 3.05) is 17.7 Å². The maximum absolute atomic E-state index is 9.36. The van der Waals surface area contributed by atoms with Crippen molar-refractivity contribution in [1.29, 1.82) is 0 Å². The number of aromatic hydroxyl groups is 2. The van der Waals surface area contributed by atoms with Gasteiger partial charge in [-0.05, 0) is 17.7 Å². The molecule has 0 saturated carbocycles. The second kappa shape index (κ2) is 4.20. The summed E-state index contributed by atoms with van der Waals surface area (Å²) < 4.78 is 0. The van der Waals surface area contributed by atoms with Gasteiger partial charge in [-0.15, -0.1) is 10.2 Å². The number of nitrogens with zero attached hydrogens (tertiary/aromatic N) is 3. The third-order valence-corrected chi connectivity index (χ3v) is 2.31. The molecule has 7 heteroatoms. The van der Waals surface area contributed by atoms with Crippen LogP contribution in [0.4, 0.5) is 11.9 Å². The van der Waals surface area contributed by atoms with Gasteiger partial charge in [-0.2, -0.15) is 0 Å². The van der Waals surface area contributed by atoms with Crippen molar-refractivity contribution in [1.82, 2.24) is 15.2 Å². The Bertz CT molecular complexity index is 525. The number of phenols is 2. The Balaban J connectivity index is 2.12. The summed E-state index contributed by atoms with van der Waals surface area (Å²) in [6.07, 6.45) is 0. The first-order valence-electron chi connectivity index (χ1n) is 4.96. The molecule has 0 radical (unpaired) electrons. The maximum atomic E-state index is 9.36. The maximum Gasteiger partial charge on any atom is 0.226 e. The van der Waals surface area contributed by atoms with Crippen molar-refractivity contribution in [3.05, 3.63) is 23.8 Å². The molecule has 0 unspecified atom stereocenters. The number of aromatic amines is 1. The Kier molecular flexibility index (Phi) is 2.73. The molecule has 0 amide bonds. The molecule has 0 bridgehead atoms. The van der Waals surface area contributed by atoms with Crippen LogP contribution in [0.1, 0.15) is 5.56 Å². The molecule has 0 aliphatic heterocycles. The molecular formula is C10H13N5O2. The van der Waals surface area contributed by atoms with Crippen LogP contribution in [0.25, 0.3) is 0 Å². The van der Waals surface area contributed by atoms with Gasteiger partial charge in [0.2, 0.25) is 11.9 Å². The van der Waals surface area contributed by atoms with Crippen LogP contribution in [0.2, 0.25) is 0 Å². The Morgan fingerprint density at radius 2 is 2.06 bits per heavy atom. The highest BCUT2D eigenvalue weighted by Crippen LogP contribution is 2.25. The number of aromatic nitrogens is 3. The predicted octanol–water partition coefficient (Wildman–Crippen LogP) is 0.434. The fourth-order valence-corrected chi connectivity index (χ4v) is 1.45. The summed E-state index contributed by atoms with van der Waals surface area (Å²) >= 11 is 0. The van der Waals surface area contributed by atoms with Crippen LogP contribution in [0.3, 0.4) is 0 Å². The van der Waals surface area contributed by atoms with Crippen molar-refractivity contribution >= 4 is 11.9 Å². The number of phenolic OH excluding ortho intramolecular Hbond substituents is 2. The van der Waals surface area contributed by atoms with E-state index >= 15 is 0 Å². The Labute approximate surface area is 97.5 Å². The number of anilines is 2. The molecule has 0 fully saturated rings. The number of hydrogen-bond donors (Lipinski definition) is 4. The zero-order valence-electron chi connectivity index (χ0n) is 9.25. The zero-order chi connectivity index (χ0) is 12.4. The van der Waals surface area contributed by atoms with Gasteiger partial charge in [0.15, 0.2) is 11.5 Å². The fourth-order valence-electron chi connectivity index (χ4n) is 1.45. The van der Waals surface area contributed by atoms with Gasteiger partial charge in [0.1, 0.15) is 0 Å². The van der Waals surface area contributed by atoms with E-state index in [1.54, 1.807) is 11.0 Å². The number of benzene rings is 1. The molecule has 90 valence electrons. The average molecular weight is 235 g/mol. The summed E-state index contributed by atoms with van der Waals surface area (Å²) in [7, 11) is 1.81. The summed E-state index contributed by atoms with van der Waals surface area (Å²) in [6, 6.07) is 4.64. The highest BCUT2D eigenvalue weighted by Gasteiger charge is 2.08. The van der Waals surface area contributed by atoms with Gasteiger partial charge >= 0.3 is 0 Å². The van der Waals surface area contributed by atoms with E-state index in [4.69, 9.17) is 5.73 Å². The number of nitrogens with two attached hydrogens (primary N) is 1. The van der Waals surface area contributed by atoms with Crippen molar-refractivity contribution in [3.63, 3.8) is 0 Å². The first-order valence-corrected chi connectivity index (χ1v) is 4.96. The van der Waals surface area contributed by atoms with E-state index in [1.165, 1.54) is 12.1 Å². The largest absolute Gasteiger partial charge is 0.504 e. The summed E-state index contributed by atoms with van der Waals surface area (Å²) in [5.74, 6) is 0.503. The molecule has 5 N–H and O–H groups in total. The van der Waals surface area contributed by atoms with Crippen molar-refractivity contribution in [2.45, 2.75) is 6.54 Å². The second-order valence-corrected chi connectivity index (χ2v) is 3.71. The summed E-state index contributed by atoms with van der Waals surface area (Å²) in [4.78, 5) is 4.58. The lowest BCUT2D eigenvalue weighted by molar-refractivity contribution is 0.403. The normalized spacial score (nSPS) is 10.4. The van der Waals surface area contributed by atoms with Gasteiger partial charge in [-0.3, -0.25) is 4.98 Å². The molecule has 0 atom stereocenters. The Hall–Kier alpha value is -2.44. The van der Waals surface area contributed by atoms with E-state index in [0.717, 1.165) is 5.56 Å². The third-order valence-electron chi connectivity index (χ3n) is 2.31. The molecule has 2 aromatic rings. The van der Waals surface area contributed by atoms with Crippen LogP contribution in [0.15, 0.2) is 18.2 Å². The molecule has 0 aliphatic carbocycles. The smallest absolute Gasteiger partial charge is 0.226 e. The zero-order valence-corrected chi connectivity index (χ0v) is 9.25. The van der Waals surface area contributed by atoms with E-state index in [1.807, 2.05) is 7.05 Å². The highest BCUT2D eigenvalue weighted by atomic mass is 16.3. The molecule has 2 rings (SSSR count). The molecule has 0 aliphatic rings. The number of nitrogen functional groups attached to an aromatic ring is 1. The van der Waals surface area contributed by atoms with E-state index in [-0.39, 0.29) is 17.4 Å². The summed E-state index contributed by atoms with van der Waals surface area (Å²) in [6.45, 7) is 0.502. The van der Waals surface area contributed by atoms with Gasteiger partial charge in [-0.1, -0.05) is 6.07 Å². The highest BCUT2D eigenvalue weighted by molar-refractivity contribution is 5.42. The van der Waals surface area contributed by atoms with Crippen molar-refractivity contribution in [2.24, 2.45) is 0 Å². The molecule has 0 spiro atoms. The van der Waals surface area contributed by atoms with Crippen molar-refractivity contribution < 1.29 is 10.2 Å².